The van der Waals surface area contributed by atoms with Gasteiger partial charge in [-0.15, -0.1) is 11.3 Å². The molecule has 2 aliphatic carbocycles. The lowest BCUT2D eigenvalue weighted by Gasteiger charge is -2.30. The van der Waals surface area contributed by atoms with Crippen molar-refractivity contribution in [1.29, 1.82) is 0 Å². The van der Waals surface area contributed by atoms with Gasteiger partial charge < -0.3 is 4.57 Å². The summed E-state index contributed by atoms with van der Waals surface area (Å²) in [4.78, 5) is 16.1. The highest BCUT2D eigenvalue weighted by atomic mass is 32.1. The molecule has 0 fully saturated rings. The first-order chi connectivity index (χ1) is 34.2. The Bertz CT molecular complexity index is 4230. The van der Waals surface area contributed by atoms with Gasteiger partial charge in [0.15, 0.2) is 17.5 Å². The molecule has 13 aromatic rings. The molecule has 10 aromatic carbocycles. The zero-order valence-electron chi connectivity index (χ0n) is 37.1. The van der Waals surface area contributed by atoms with Crippen LogP contribution in [0, 0.1) is 0 Å². The Morgan fingerprint density at radius 1 is 0.333 bits per heavy atom. The predicted octanol–water partition coefficient (Wildman–Crippen LogP) is 16.3. The van der Waals surface area contributed by atoms with E-state index in [4.69, 9.17) is 15.0 Å². The van der Waals surface area contributed by atoms with Crippen molar-refractivity contribution in [3.05, 3.63) is 253 Å². The molecule has 0 unspecified atom stereocenters. The molecule has 4 nitrogen and oxygen atoms in total. The highest BCUT2D eigenvalue weighted by Gasteiger charge is 2.52. The lowest BCUT2D eigenvalue weighted by Crippen LogP contribution is -2.25. The Morgan fingerprint density at radius 3 is 1.70 bits per heavy atom. The van der Waals surface area contributed by atoms with Crippen LogP contribution >= 0.6 is 11.3 Å². The van der Waals surface area contributed by atoms with Crippen molar-refractivity contribution in [2.75, 3.05) is 0 Å². The molecule has 0 radical (unpaired) electrons. The van der Waals surface area contributed by atoms with Crippen LogP contribution < -0.4 is 0 Å². The maximum atomic E-state index is 5.47. The molecule has 2 aliphatic rings. The van der Waals surface area contributed by atoms with Crippen molar-refractivity contribution >= 4 is 53.3 Å². The molecule has 69 heavy (non-hydrogen) atoms. The van der Waals surface area contributed by atoms with Crippen molar-refractivity contribution in [3.63, 3.8) is 0 Å². The SMILES string of the molecule is c1ccc(-c2nc(-c3cccc(-n4c5ccccc5c5ccc(-c6cccc7sc8ccccc8c67)cc54)c3)nc(-c3cccc4c3-c3ccccc3C43c4ccccc4-c4ccccc43)n2)cc1. The van der Waals surface area contributed by atoms with Crippen LogP contribution in [-0.2, 0) is 5.41 Å². The van der Waals surface area contributed by atoms with Gasteiger partial charge in [-0.25, -0.2) is 15.0 Å². The first-order valence-corrected chi connectivity index (χ1v) is 24.3. The fraction of sp³-hybridized carbons (Fsp3) is 0.0156. The molecular formula is C64H38N4S. The number of aromatic nitrogens is 4. The number of rotatable bonds is 5. The molecule has 1 spiro atoms. The molecule has 0 saturated carbocycles. The Labute approximate surface area is 402 Å². The Balaban J connectivity index is 0.934. The smallest absolute Gasteiger partial charge is 0.164 e. The second-order valence-electron chi connectivity index (χ2n) is 18.2. The zero-order chi connectivity index (χ0) is 45.2. The Morgan fingerprint density at radius 2 is 0.884 bits per heavy atom. The molecule has 15 rings (SSSR count). The first-order valence-electron chi connectivity index (χ1n) is 23.5. The van der Waals surface area contributed by atoms with E-state index in [1.54, 1.807) is 0 Å². The molecule has 0 atom stereocenters. The molecule has 0 amide bonds. The van der Waals surface area contributed by atoms with Crippen molar-refractivity contribution in [1.82, 2.24) is 19.5 Å². The predicted molar refractivity (Wildman–Crippen MR) is 285 cm³/mol. The van der Waals surface area contributed by atoms with Gasteiger partial charge in [-0.2, -0.15) is 0 Å². The maximum Gasteiger partial charge on any atom is 0.164 e. The van der Waals surface area contributed by atoms with Crippen molar-refractivity contribution in [2.24, 2.45) is 0 Å². The maximum absolute atomic E-state index is 5.47. The van der Waals surface area contributed by atoms with Crippen molar-refractivity contribution in [2.45, 2.75) is 5.41 Å². The number of benzene rings is 10. The summed E-state index contributed by atoms with van der Waals surface area (Å²) in [5, 5.41) is 5.02. The van der Waals surface area contributed by atoms with Gasteiger partial charge in [-0.05, 0) is 92.0 Å². The minimum absolute atomic E-state index is 0.478. The van der Waals surface area contributed by atoms with E-state index in [2.05, 4.69) is 217 Å². The van der Waals surface area contributed by atoms with Crippen LogP contribution in [0.2, 0.25) is 0 Å². The fourth-order valence-corrected chi connectivity index (χ4v) is 13.0. The minimum Gasteiger partial charge on any atom is -0.309 e. The van der Waals surface area contributed by atoms with Crippen LogP contribution in [0.4, 0.5) is 0 Å². The average molecular weight is 895 g/mol. The van der Waals surface area contributed by atoms with E-state index in [1.165, 1.54) is 81.0 Å². The fourth-order valence-electron chi connectivity index (χ4n) is 11.9. The number of hydrogen-bond acceptors (Lipinski definition) is 4. The van der Waals surface area contributed by atoms with Gasteiger partial charge in [0, 0.05) is 53.3 Å². The van der Waals surface area contributed by atoms with Crippen LogP contribution in [0.3, 0.4) is 0 Å². The number of para-hydroxylation sites is 1. The summed E-state index contributed by atoms with van der Waals surface area (Å²) in [5.74, 6) is 1.89. The lowest BCUT2D eigenvalue weighted by atomic mass is 9.70. The molecule has 0 N–H and O–H groups in total. The third-order valence-electron chi connectivity index (χ3n) is 14.7. The Hall–Kier alpha value is -8.77. The van der Waals surface area contributed by atoms with Gasteiger partial charge in [0.05, 0.1) is 16.4 Å². The van der Waals surface area contributed by atoms with Crippen LogP contribution in [0.15, 0.2) is 231 Å². The topological polar surface area (TPSA) is 43.6 Å². The third kappa shape index (κ3) is 5.42. The molecule has 0 bridgehead atoms. The molecule has 0 saturated heterocycles. The highest BCUT2D eigenvalue weighted by molar-refractivity contribution is 7.25. The summed E-state index contributed by atoms with van der Waals surface area (Å²) in [6.07, 6.45) is 0. The van der Waals surface area contributed by atoms with Gasteiger partial charge >= 0.3 is 0 Å². The summed E-state index contributed by atoms with van der Waals surface area (Å²) in [7, 11) is 0. The summed E-state index contributed by atoms with van der Waals surface area (Å²) in [5.41, 5.74) is 18.2. The van der Waals surface area contributed by atoms with Gasteiger partial charge in [-0.3, -0.25) is 0 Å². The van der Waals surface area contributed by atoms with E-state index in [9.17, 15) is 0 Å². The van der Waals surface area contributed by atoms with Crippen LogP contribution in [-0.4, -0.2) is 19.5 Å². The summed E-state index contributed by atoms with van der Waals surface area (Å²) in [6, 6.07) is 83.7. The number of nitrogens with zero attached hydrogens (tertiary/aromatic N) is 4. The third-order valence-corrected chi connectivity index (χ3v) is 15.8. The Kier molecular flexibility index (Phi) is 8.12. The second kappa shape index (κ2) is 14.6. The van der Waals surface area contributed by atoms with Crippen molar-refractivity contribution in [3.8, 4) is 73.2 Å². The van der Waals surface area contributed by atoms with E-state index in [1.807, 2.05) is 29.5 Å². The zero-order valence-corrected chi connectivity index (χ0v) is 38.0. The molecular weight excluding hydrogens is 857 g/mol. The largest absolute Gasteiger partial charge is 0.309 e. The standard InChI is InChI=1S/C64H38N4S/c1-2-17-39(18-3-1)61-65-62(67-63(66-61)50-27-15-31-54-59(50)48-24-6-11-30-53(48)64(54)51-28-9-4-21-44(51)45-22-5-10-29-52(45)64)41-19-14-20-42(37-41)68-55-32-12-7-23-46(55)47-36-35-40(38-56(47)68)43-26-16-34-58-60(43)49-25-8-13-33-57(49)69-58/h1-38H. The molecule has 3 heterocycles. The van der Waals surface area contributed by atoms with Crippen LogP contribution in [0.1, 0.15) is 22.3 Å². The van der Waals surface area contributed by atoms with Gasteiger partial charge in [0.1, 0.15) is 0 Å². The van der Waals surface area contributed by atoms with Crippen LogP contribution in [0.5, 0.6) is 0 Å². The van der Waals surface area contributed by atoms with Gasteiger partial charge in [0.25, 0.3) is 0 Å². The monoisotopic (exact) mass is 894 g/mol. The summed E-state index contributed by atoms with van der Waals surface area (Å²) < 4.78 is 5.01. The molecule has 320 valence electrons. The lowest BCUT2D eigenvalue weighted by molar-refractivity contribution is 0.794. The van der Waals surface area contributed by atoms with Crippen molar-refractivity contribution < 1.29 is 0 Å². The number of thiophene rings is 1. The molecule has 3 aromatic heterocycles. The number of hydrogen-bond donors (Lipinski definition) is 0. The van der Waals surface area contributed by atoms with E-state index in [0.717, 1.165) is 39.0 Å². The van der Waals surface area contributed by atoms with E-state index in [0.29, 0.717) is 17.5 Å². The highest BCUT2D eigenvalue weighted by Crippen LogP contribution is 2.64. The van der Waals surface area contributed by atoms with Gasteiger partial charge in [0.2, 0.25) is 0 Å². The van der Waals surface area contributed by atoms with E-state index in [-0.39, 0.29) is 0 Å². The van der Waals surface area contributed by atoms with E-state index >= 15 is 0 Å². The van der Waals surface area contributed by atoms with Crippen LogP contribution in [0.25, 0.3) is 115 Å². The number of fused-ring (bicyclic) bond motifs is 16. The van der Waals surface area contributed by atoms with Gasteiger partial charge in [-0.1, -0.05) is 194 Å². The average Bonchev–Trinajstić information content (AvgIpc) is 4.15. The summed E-state index contributed by atoms with van der Waals surface area (Å²) in [6.45, 7) is 0. The normalized spacial score (nSPS) is 13.0. The molecule has 0 aliphatic heterocycles. The van der Waals surface area contributed by atoms with E-state index < -0.39 is 5.41 Å². The second-order valence-corrected chi connectivity index (χ2v) is 19.3. The summed E-state index contributed by atoms with van der Waals surface area (Å²) >= 11 is 1.86. The minimum atomic E-state index is -0.478. The molecule has 5 heteroatoms. The quantitative estimate of drug-likeness (QED) is 0.173. The first kappa shape index (κ1) is 38.3.